The monoisotopic (exact) mass is 227 g/mol. The largest absolute Gasteiger partial charge is 0.347 e. The number of hydrogen-bond acceptors (Lipinski definition) is 2. The third-order valence-electron chi connectivity index (χ3n) is 3.19. The highest BCUT2D eigenvalue weighted by Gasteiger charge is 2.27. The van der Waals surface area contributed by atoms with E-state index in [1.165, 1.54) is 29.8 Å². The first-order valence-corrected chi connectivity index (χ1v) is 6.20. The van der Waals surface area contributed by atoms with E-state index in [-0.39, 0.29) is 0 Å². The van der Waals surface area contributed by atoms with Crippen LogP contribution >= 0.6 is 0 Å². The first-order valence-electron chi connectivity index (χ1n) is 6.20. The molecule has 0 atom stereocenters. The molecule has 2 aromatic rings. The van der Waals surface area contributed by atoms with Crippen LogP contribution in [0.15, 0.2) is 36.7 Å². The predicted molar refractivity (Wildman–Crippen MR) is 67.5 cm³/mol. The summed E-state index contributed by atoms with van der Waals surface area (Å²) >= 11 is 0. The number of benzene rings is 1. The molecule has 0 bridgehead atoms. The second kappa shape index (κ2) is 4.72. The Balaban J connectivity index is 1.55. The van der Waals surface area contributed by atoms with Crippen LogP contribution in [0.5, 0.6) is 0 Å². The van der Waals surface area contributed by atoms with Gasteiger partial charge in [0.1, 0.15) is 0 Å². The molecule has 1 aromatic heterocycles. The third-order valence-corrected chi connectivity index (χ3v) is 3.19. The van der Waals surface area contributed by atoms with E-state index in [1.807, 2.05) is 12.4 Å². The van der Waals surface area contributed by atoms with Crippen LogP contribution in [0.3, 0.4) is 0 Å². The maximum absolute atomic E-state index is 4.41. The molecule has 0 spiro atoms. The molecule has 1 saturated carbocycles. The molecule has 1 aliphatic rings. The van der Waals surface area contributed by atoms with Gasteiger partial charge in [-0.15, -0.1) is 0 Å². The average molecular weight is 227 g/mol. The fraction of sp³-hybridized carbons (Fsp3) is 0.357. The summed E-state index contributed by atoms with van der Waals surface area (Å²) in [4.78, 5) is 7.65. The van der Waals surface area contributed by atoms with E-state index in [1.54, 1.807) is 0 Å². The molecule has 0 amide bonds. The highest BCUT2D eigenvalue weighted by Crippen LogP contribution is 2.40. The van der Waals surface area contributed by atoms with Crippen molar-refractivity contribution in [3.63, 3.8) is 0 Å². The molecule has 17 heavy (non-hydrogen) atoms. The van der Waals surface area contributed by atoms with Gasteiger partial charge in [0.15, 0.2) is 0 Å². The van der Waals surface area contributed by atoms with Crippen LogP contribution < -0.4 is 5.32 Å². The van der Waals surface area contributed by atoms with Gasteiger partial charge in [-0.3, -0.25) is 0 Å². The smallest absolute Gasteiger partial charge is 0.0925 e. The summed E-state index contributed by atoms with van der Waals surface area (Å²) in [6, 6.07) is 10.5. The molecule has 88 valence electrons. The fourth-order valence-corrected chi connectivity index (χ4v) is 2.11. The molecular formula is C14H17N3. The van der Waals surface area contributed by atoms with E-state index in [4.69, 9.17) is 0 Å². The van der Waals surface area contributed by atoms with E-state index >= 15 is 0 Å². The first-order chi connectivity index (χ1) is 8.43. The van der Waals surface area contributed by atoms with Crippen molar-refractivity contribution in [1.29, 1.82) is 0 Å². The Morgan fingerprint density at radius 1 is 1.18 bits per heavy atom. The average Bonchev–Trinajstić information content (AvgIpc) is 3.11. The van der Waals surface area contributed by atoms with Crippen molar-refractivity contribution in [3.05, 3.63) is 53.6 Å². The lowest BCUT2D eigenvalue weighted by atomic mass is 10.2. The van der Waals surface area contributed by atoms with Crippen molar-refractivity contribution in [3.8, 4) is 0 Å². The van der Waals surface area contributed by atoms with Crippen LogP contribution in [0.25, 0.3) is 0 Å². The summed E-state index contributed by atoms with van der Waals surface area (Å²) in [5.41, 5.74) is 3.84. The Morgan fingerprint density at radius 2 is 2.00 bits per heavy atom. The molecule has 0 radical (unpaired) electrons. The Kier molecular flexibility index (Phi) is 2.92. The van der Waals surface area contributed by atoms with Crippen LogP contribution in [0.4, 0.5) is 0 Å². The minimum atomic E-state index is 0.717. The molecule has 0 unspecified atom stereocenters. The summed E-state index contributed by atoms with van der Waals surface area (Å²) in [5.74, 6) is 0.717. The van der Waals surface area contributed by atoms with Gasteiger partial charge in [0, 0.05) is 19.0 Å². The lowest BCUT2D eigenvalue weighted by molar-refractivity contribution is 0.676. The molecule has 0 saturated heterocycles. The second-order valence-corrected chi connectivity index (χ2v) is 4.63. The molecular weight excluding hydrogens is 210 g/mol. The van der Waals surface area contributed by atoms with Gasteiger partial charge in [0.05, 0.1) is 17.7 Å². The zero-order chi connectivity index (χ0) is 11.5. The number of H-pyrrole nitrogens is 1. The molecule has 1 fully saturated rings. The Morgan fingerprint density at radius 3 is 2.76 bits per heavy atom. The summed E-state index contributed by atoms with van der Waals surface area (Å²) in [6.45, 7) is 1.78. The molecule has 1 aromatic carbocycles. The van der Waals surface area contributed by atoms with Gasteiger partial charge in [-0.2, -0.15) is 0 Å². The van der Waals surface area contributed by atoms with Crippen molar-refractivity contribution in [1.82, 2.24) is 15.3 Å². The van der Waals surface area contributed by atoms with E-state index in [2.05, 4.69) is 39.6 Å². The number of hydrogen-bond donors (Lipinski definition) is 2. The molecule has 3 rings (SSSR count). The topological polar surface area (TPSA) is 40.7 Å². The molecule has 1 aliphatic carbocycles. The van der Waals surface area contributed by atoms with Gasteiger partial charge in [-0.05, 0) is 18.4 Å². The maximum Gasteiger partial charge on any atom is 0.0925 e. The van der Waals surface area contributed by atoms with Gasteiger partial charge >= 0.3 is 0 Å². The molecule has 3 nitrogen and oxygen atoms in total. The summed E-state index contributed by atoms with van der Waals surface area (Å²) in [7, 11) is 0. The number of nitrogens with zero attached hydrogens (tertiary/aromatic N) is 1. The first kappa shape index (κ1) is 10.5. The molecule has 2 N–H and O–H groups in total. The highest BCUT2D eigenvalue weighted by molar-refractivity contribution is 5.21. The van der Waals surface area contributed by atoms with Gasteiger partial charge in [0.2, 0.25) is 0 Å². The molecule has 3 heteroatoms. The number of aromatic amines is 1. The van der Waals surface area contributed by atoms with Crippen molar-refractivity contribution >= 4 is 0 Å². The minimum absolute atomic E-state index is 0.717. The Bertz CT molecular complexity index is 471. The van der Waals surface area contributed by atoms with Crippen LogP contribution in [-0.4, -0.2) is 9.97 Å². The molecule has 0 aliphatic heterocycles. The second-order valence-electron chi connectivity index (χ2n) is 4.63. The van der Waals surface area contributed by atoms with Crippen LogP contribution in [-0.2, 0) is 13.1 Å². The van der Waals surface area contributed by atoms with Gasteiger partial charge in [0.25, 0.3) is 0 Å². The normalized spacial score (nSPS) is 15.1. The van der Waals surface area contributed by atoms with Crippen molar-refractivity contribution < 1.29 is 0 Å². The minimum Gasteiger partial charge on any atom is -0.347 e. The number of aromatic nitrogens is 2. The van der Waals surface area contributed by atoms with E-state index < -0.39 is 0 Å². The lowest BCUT2D eigenvalue weighted by Gasteiger charge is -2.05. The Labute approximate surface area is 101 Å². The quantitative estimate of drug-likeness (QED) is 0.824. The van der Waals surface area contributed by atoms with Crippen LogP contribution in [0.2, 0.25) is 0 Å². The van der Waals surface area contributed by atoms with Crippen molar-refractivity contribution in [2.45, 2.75) is 31.8 Å². The van der Waals surface area contributed by atoms with E-state index in [0.29, 0.717) is 0 Å². The van der Waals surface area contributed by atoms with Gasteiger partial charge in [-0.1, -0.05) is 30.3 Å². The summed E-state index contributed by atoms with van der Waals surface area (Å²) in [6.07, 6.45) is 4.42. The maximum atomic E-state index is 4.41. The van der Waals surface area contributed by atoms with Gasteiger partial charge < -0.3 is 10.3 Å². The highest BCUT2D eigenvalue weighted by atomic mass is 15.0. The van der Waals surface area contributed by atoms with Crippen molar-refractivity contribution in [2.75, 3.05) is 0 Å². The Hall–Kier alpha value is -1.61. The number of imidazole rings is 1. The summed E-state index contributed by atoms with van der Waals surface area (Å²) < 4.78 is 0. The van der Waals surface area contributed by atoms with Crippen LogP contribution in [0.1, 0.15) is 35.7 Å². The third kappa shape index (κ3) is 2.56. The predicted octanol–water partition coefficient (Wildman–Crippen LogP) is 2.58. The standard InChI is InChI=1S/C14H17N3/c1-2-4-11(5-3-1)8-15-9-13-14(12-6-7-12)17-10-16-13/h1-5,10,12,15H,6-9H2,(H,16,17). The molecule has 1 heterocycles. The SMILES string of the molecule is c1ccc(CNCc2[nH]cnc2C2CC2)cc1. The number of rotatable bonds is 5. The van der Waals surface area contributed by atoms with Crippen LogP contribution in [0, 0.1) is 0 Å². The van der Waals surface area contributed by atoms with Gasteiger partial charge in [-0.25, -0.2) is 4.98 Å². The zero-order valence-corrected chi connectivity index (χ0v) is 9.82. The van der Waals surface area contributed by atoms with E-state index in [9.17, 15) is 0 Å². The number of nitrogens with one attached hydrogen (secondary N) is 2. The lowest BCUT2D eigenvalue weighted by Crippen LogP contribution is -2.14. The van der Waals surface area contributed by atoms with Crippen molar-refractivity contribution in [2.24, 2.45) is 0 Å². The fourth-order valence-electron chi connectivity index (χ4n) is 2.11. The van der Waals surface area contributed by atoms with E-state index in [0.717, 1.165) is 19.0 Å². The zero-order valence-electron chi connectivity index (χ0n) is 9.82. The summed E-state index contributed by atoms with van der Waals surface area (Å²) in [5, 5.41) is 3.46.